The second-order valence-corrected chi connectivity index (χ2v) is 11.7. The van der Waals surface area contributed by atoms with E-state index >= 15 is 0 Å². The predicted octanol–water partition coefficient (Wildman–Crippen LogP) is 2.93. The number of pyridine rings is 1. The maximum absolute atomic E-state index is 13.7. The molecule has 0 spiro atoms. The lowest BCUT2D eigenvalue weighted by molar-refractivity contribution is -0.118. The van der Waals surface area contributed by atoms with Crippen molar-refractivity contribution in [2.24, 2.45) is 0 Å². The van der Waals surface area contributed by atoms with Crippen molar-refractivity contribution < 1.29 is 17.9 Å². The van der Waals surface area contributed by atoms with E-state index in [2.05, 4.69) is 20.1 Å². The van der Waals surface area contributed by atoms with E-state index in [1.807, 2.05) is 30.3 Å². The lowest BCUT2D eigenvalue weighted by atomic mass is 10.1. The molecule has 1 aromatic heterocycles. The van der Waals surface area contributed by atoms with Crippen LogP contribution in [0.2, 0.25) is 0 Å². The number of ether oxygens (including phenoxy) is 1. The molecule has 3 aromatic rings. The van der Waals surface area contributed by atoms with Crippen molar-refractivity contribution >= 4 is 38.2 Å². The van der Waals surface area contributed by atoms with E-state index in [0.717, 1.165) is 69.1 Å². The van der Waals surface area contributed by atoms with E-state index in [9.17, 15) is 13.2 Å². The lowest BCUT2D eigenvalue weighted by Crippen LogP contribution is -2.48. The van der Waals surface area contributed by atoms with Crippen LogP contribution in [0, 0.1) is 0 Å². The van der Waals surface area contributed by atoms with E-state index in [1.165, 1.54) is 0 Å². The van der Waals surface area contributed by atoms with Crippen LogP contribution in [0.1, 0.15) is 19.3 Å². The fourth-order valence-corrected chi connectivity index (χ4v) is 7.66. The highest BCUT2D eigenvalue weighted by Crippen LogP contribution is 2.38. The third-order valence-electron chi connectivity index (χ3n) is 7.62. The third kappa shape index (κ3) is 4.65. The number of hydrogen-bond acceptors (Lipinski definition) is 7. The summed E-state index contributed by atoms with van der Waals surface area (Å²) in [6, 6.07) is 14.8. The van der Waals surface area contributed by atoms with Crippen molar-refractivity contribution in [2.75, 3.05) is 56.1 Å². The highest BCUT2D eigenvalue weighted by Gasteiger charge is 2.36. The van der Waals surface area contributed by atoms with Gasteiger partial charge in [-0.05, 0) is 62.2 Å². The number of fused-ring (bicyclic) bond motifs is 2. The number of para-hydroxylation sites is 1. The molecule has 1 unspecified atom stereocenters. The molecular weight excluding hydrogens is 490 g/mol. The minimum Gasteiger partial charge on any atom is -0.479 e. The average molecular weight is 522 g/mol. The van der Waals surface area contributed by atoms with Crippen molar-refractivity contribution in [3.8, 4) is 5.75 Å². The van der Waals surface area contributed by atoms with Crippen LogP contribution in [0.25, 0.3) is 10.9 Å². The maximum atomic E-state index is 13.7. The lowest BCUT2D eigenvalue weighted by Gasteiger charge is -2.38. The van der Waals surface area contributed by atoms with Crippen LogP contribution in [-0.4, -0.2) is 80.4 Å². The van der Waals surface area contributed by atoms with E-state index in [4.69, 9.17) is 4.74 Å². The van der Waals surface area contributed by atoms with Crippen LogP contribution < -0.4 is 15.0 Å². The average Bonchev–Trinajstić information content (AvgIpc) is 3.41. The number of hydrogen-bond donors (Lipinski definition) is 1. The Kier molecular flexibility index (Phi) is 6.48. The Labute approximate surface area is 217 Å². The van der Waals surface area contributed by atoms with Crippen LogP contribution in [0.3, 0.4) is 0 Å². The number of sulfonamides is 1. The van der Waals surface area contributed by atoms with E-state index in [-0.39, 0.29) is 18.6 Å². The van der Waals surface area contributed by atoms with E-state index in [1.54, 1.807) is 28.7 Å². The van der Waals surface area contributed by atoms with Crippen molar-refractivity contribution in [3.05, 3.63) is 54.7 Å². The molecule has 2 fully saturated rings. The second-order valence-electron chi connectivity index (χ2n) is 9.85. The fourth-order valence-electron chi connectivity index (χ4n) is 5.73. The van der Waals surface area contributed by atoms with Gasteiger partial charge < -0.3 is 15.0 Å². The minimum absolute atomic E-state index is 0.00751. The summed E-state index contributed by atoms with van der Waals surface area (Å²) in [7, 11) is -3.60. The molecule has 6 rings (SSSR count). The van der Waals surface area contributed by atoms with Crippen LogP contribution in [0.5, 0.6) is 5.75 Å². The zero-order valence-electron chi connectivity index (χ0n) is 20.7. The predicted molar refractivity (Wildman–Crippen MR) is 142 cm³/mol. The SMILES string of the molecule is O=C1COc2c(cccc2N2CCN(CCC3CCCN3S(=O)(=O)c3cccc4ncccc34)CC2)N1. The van der Waals surface area contributed by atoms with Crippen molar-refractivity contribution in [2.45, 2.75) is 30.2 Å². The molecule has 2 aromatic carbocycles. The summed E-state index contributed by atoms with van der Waals surface area (Å²) in [5.41, 5.74) is 2.43. The quantitative estimate of drug-likeness (QED) is 0.533. The molecule has 0 saturated carbocycles. The van der Waals surface area contributed by atoms with Gasteiger partial charge in [0.2, 0.25) is 10.0 Å². The molecule has 1 N–H and O–H groups in total. The number of carbonyl (C=O) groups excluding carboxylic acids is 1. The smallest absolute Gasteiger partial charge is 0.262 e. The molecule has 2 saturated heterocycles. The molecule has 0 radical (unpaired) electrons. The van der Waals surface area contributed by atoms with Gasteiger partial charge in [-0.15, -0.1) is 0 Å². The van der Waals surface area contributed by atoms with Gasteiger partial charge in [0.05, 0.1) is 21.8 Å². The Balaban J connectivity index is 1.09. The summed E-state index contributed by atoms with van der Waals surface area (Å²) in [6.07, 6.45) is 4.28. The van der Waals surface area contributed by atoms with Crippen LogP contribution in [0.15, 0.2) is 59.6 Å². The van der Waals surface area contributed by atoms with Gasteiger partial charge in [-0.2, -0.15) is 4.31 Å². The third-order valence-corrected chi connectivity index (χ3v) is 9.63. The van der Waals surface area contributed by atoms with Crippen LogP contribution in [0.4, 0.5) is 11.4 Å². The second kappa shape index (κ2) is 9.92. The molecule has 4 heterocycles. The van der Waals surface area contributed by atoms with Crippen molar-refractivity contribution in [1.82, 2.24) is 14.2 Å². The molecule has 37 heavy (non-hydrogen) atoms. The number of nitrogens with zero attached hydrogens (tertiary/aromatic N) is 4. The Morgan fingerprint density at radius 2 is 1.84 bits per heavy atom. The number of amides is 1. The summed E-state index contributed by atoms with van der Waals surface area (Å²) >= 11 is 0. The largest absolute Gasteiger partial charge is 0.479 e. The number of rotatable bonds is 6. The first-order valence-corrected chi connectivity index (χ1v) is 14.3. The molecule has 10 heteroatoms. The zero-order valence-corrected chi connectivity index (χ0v) is 21.5. The molecule has 0 aliphatic carbocycles. The Bertz CT molecular complexity index is 1420. The van der Waals surface area contributed by atoms with Gasteiger partial charge in [-0.3, -0.25) is 14.7 Å². The van der Waals surface area contributed by atoms with Gasteiger partial charge in [0.1, 0.15) is 0 Å². The number of carbonyl (C=O) groups is 1. The first-order valence-electron chi connectivity index (χ1n) is 12.9. The number of anilines is 2. The van der Waals surface area contributed by atoms with Crippen molar-refractivity contribution in [1.29, 1.82) is 0 Å². The van der Waals surface area contributed by atoms with E-state index < -0.39 is 10.0 Å². The number of aromatic nitrogens is 1. The van der Waals surface area contributed by atoms with Crippen LogP contribution >= 0.6 is 0 Å². The summed E-state index contributed by atoms with van der Waals surface area (Å²) in [6.45, 7) is 4.95. The molecule has 1 amide bonds. The van der Waals surface area contributed by atoms with Crippen LogP contribution in [-0.2, 0) is 14.8 Å². The molecular formula is C27H31N5O4S. The standard InChI is InChI=1S/C27H31N5O4S/c33-26-19-36-27-23(29-26)8-1-9-24(27)31-17-15-30(16-18-31)14-11-20-5-4-13-32(20)37(34,35)25-10-2-7-22-21(25)6-3-12-28-22/h1-3,6-10,12,20H,4-5,11,13-19H2,(H,29,33). The normalized spacial score (nSPS) is 21.0. The Hall–Kier alpha value is -3.21. The molecule has 9 nitrogen and oxygen atoms in total. The molecule has 1 atom stereocenters. The maximum Gasteiger partial charge on any atom is 0.262 e. The van der Waals surface area contributed by atoms with Crippen molar-refractivity contribution in [3.63, 3.8) is 0 Å². The number of piperazine rings is 1. The van der Waals surface area contributed by atoms with Gasteiger partial charge in [0, 0.05) is 50.3 Å². The first kappa shape index (κ1) is 24.1. The summed E-state index contributed by atoms with van der Waals surface area (Å²) < 4.78 is 34.8. The molecule has 3 aliphatic heterocycles. The fraction of sp³-hybridized carbons (Fsp3) is 0.407. The van der Waals surface area contributed by atoms with Gasteiger partial charge in [0.15, 0.2) is 12.4 Å². The summed E-state index contributed by atoms with van der Waals surface area (Å²) in [5, 5.41) is 3.56. The highest BCUT2D eigenvalue weighted by atomic mass is 32.2. The molecule has 0 bridgehead atoms. The number of nitrogens with one attached hydrogen (secondary N) is 1. The summed E-state index contributed by atoms with van der Waals surface area (Å²) in [4.78, 5) is 21.1. The molecule has 3 aliphatic rings. The first-order chi connectivity index (χ1) is 18.0. The van der Waals surface area contributed by atoms with Gasteiger partial charge in [-0.25, -0.2) is 8.42 Å². The topological polar surface area (TPSA) is 95.1 Å². The van der Waals surface area contributed by atoms with Gasteiger partial charge in [0.25, 0.3) is 5.91 Å². The van der Waals surface area contributed by atoms with Gasteiger partial charge in [-0.1, -0.05) is 12.1 Å². The Morgan fingerprint density at radius 1 is 1.00 bits per heavy atom. The molecule has 194 valence electrons. The zero-order chi connectivity index (χ0) is 25.4. The monoisotopic (exact) mass is 521 g/mol. The summed E-state index contributed by atoms with van der Waals surface area (Å²) in [5.74, 6) is 0.612. The number of benzene rings is 2. The highest BCUT2D eigenvalue weighted by molar-refractivity contribution is 7.89. The minimum atomic E-state index is -3.60. The Morgan fingerprint density at radius 3 is 2.70 bits per heavy atom. The van der Waals surface area contributed by atoms with E-state index in [0.29, 0.717) is 22.3 Å². The van der Waals surface area contributed by atoms with Gasteiger partial charge >= 0.3 is 0 Å².